The minimum atomic E-state index is -3.95. The highest BCUT2D eigenvalue weighted by Crippen LogP contribution is 2.29. The Bertz CT molecular complexity index is 1300. The number of nitrogens with zero attached hydrogens (tertiary/aromatic N) is 2. The molecule has 8 heteroatoms. The van der Waals surface area contributed by atoms with Crippen LogP contribution in [-0.2, 0) is 21.4 Å². The van der Waals surface area contributed by atoms with Crippen molar-refractivity contribution in [3.8, 4) is 0 Å². The van der Waals surface area contributed by atoms with Gasteiger partial charge in [-0.15, -0.1) is 0 Å². The Labute approximate surface area is 186 Å². The summed E-state index contributed by atoms with van der Waals surface area (Å²) < 4.78 is 29.3. The van der Waals surface area contributed by atoms with E-state index in [1.807, 2.05) is 53.1 Å². The lowest BCUT2D eigenvalue weighted by Gasteiger charge is -2.25. The van der Waals surface area contributed by atoms with Crippen molar-refractivity contribution in [2.75, 3.05) is 13.1 Å². The van der Waals surface area contributed by atoms with Gasteiger partial charge in [0.2, 0.25) is 10.0 Å². The largest absolute Gasteiger partial charge is 0.481 e. The van der Waals surface area contributed by atoms with Crippen LogP contribution in [0.4, 0.5) is 0 Å². The van der Waals surface area contributed by atoms with Crippen molar-refractivity contribution in [3.05, 3.63) is 78.9 Å². The quantitative estimate of drug-likeness (QED) is 0.406. The molecule has 1 heterocycles. The molecule has 0 aliphatic carbocycles. The van der Waals surface area contributed by atoms with Crippen LogP contribution >= 0.6 is 0 Å². The average Bonchev–Trinajstić information content (AvgIpc) is 3.11. The third-order valence-electron chi connectivity index (χ3n) is 5.44. The first kappa shape index (κ1) is 22.0. The number of carboxylic acids is 1. The fourth-order valence-corrected chi connectivity index (χ4v) is 5.47. The Morgan fingerprint density at radius 3 is 1.97 bits per heavy atom. The third-order valence-corrected chi connectivity index (χ3v) is 7.32. The van der Waals surface area contributed by atoms with Crippen molar-refractivity contribution < 1.29 is 23.4 Å². The fraction of sp³-hybridized carbons (Fsp3) is 0.208. The minimum Gasteiger partial charge on any atom is -0.481 e. The van der Waals surface area contributed by atoms with Gasteiger partial charge in [-0.05, 0) is 24.3 Å². The first-order valence-electron chi connectivity index (χ1n) is 10.3. The van der Waals surface area contributed by atoms with Crippen molar-refractivity contribution in [2.24, 2.45) is 0 Å². The fourth-order valence-electron chi connectivity index (χ4n) is 3.98. The van der Waals surface area contributed by atoms with Crippen LogP contribution in [0.5, 0.6) is 0 Å². The number of carbonyl (C=O) groups is 1. The van der Waals surface area contributed by atoms with Gasteiger partial charge in [-0.3, -0.25) is 4.79 Å². The van der Waals surface area contributed by atoms with E-state index in [0.29, 0.717) is 0 Å². The molecule has 3 aromatic carbocycles. The molecular formula is C24H24N2O5S. The molecular weight excluding hydrogens is 428 g/mol. The zero-order valence-corrected chi connectivity index (χ0v) is 18.1. The molecule has 0 fully saturated rings. The highest BCUT2D eigenvalue weighted by Gasteiger charge is 2.27. The topological polar surface area (TPSA) is 99.8 Å². The van der Waals surface area contributed by atoms with E-state index >= 15 is 0 Å². The van der Waals surface area contributed by atoms with Crippen LogP contribution in [0.3, 0.4) is 0 Å². The number of aliphatic carboxylic acids is 1. The molecule has 0 saturated carbocycles. The molecule has 4 rings (SSSR count). The Balaban J connectivity index is 1.64. The molecule has 1 unspecified atom stereocenters. The van der Waals surface area contributed by atoms with Gasteiger partial charge in [0.25, 0.3) is 0 Å². The van der Waals surface area contributed by atoms with E-state index in [-0.39, 0.29) is 31.0 Å². The SMILES string of the molecule is O=C(O)CCN(CC(O)Cn1c2ccccc2c2ccccc21)S(=O)(=O)c1ccccc1. The molecule has 0 saturated heterocycles. The number of carboxylic acid groups (broad SMARTS) is 1. The number of aromatic nitrogens is 1. The van der Waals surface area contributed by atoms with Crippen molar-refractivity contribution in [1.29, 1.82) is 0 Å². The second-order valence-electron chi connectivity index (χ2n) is 7.62. The number of para-hydroxylation sites is 2. The van der Waals surface area contributed by atoms with Gasteiger partial charge in [-0.25, -0.2) is 8.42 Å². The van der Waals surface area contributed by atoms with E-state index in [9.17, 15) is 18.3 Å². The normalized spacial score (nSPS) is 13.1. The first-order valence-corrected chi connectivity index (χ1v) is 11.7. The van der Waals surface area contributed by atoms with Crippen molar-refractivity contribution in [1.82, 2.24) is 8.87 Å². The predicted octanol–water partition coefficient (Wildman–Crippen LogP) is 3.32. The van der Waals surface area contributed by atoms with E-state index in [4.69, 9.17) is 5.11 Å². The Morgan fingerprint density at radius 2 is 1.41 bits per heavy atom. The van der Waals surface area contributed by atoms with Gasteiger partial charge in [0.05, 0.1) is 24.0 Å². The molecule has 0 radical (unpaired) electrons. The maximum absolute atomic E-state index is 13.1. The summed E-state index contributed by atoms with van der Waals surface area (Å²) in [6.07, 6.45) is -1.39. The van der Waals surface area contributed by atoms with Crippen LogP contribution < -0.4 is 0 Å². The second-order valence-corrected chi connectivity index (χ2v) is 9.56. The van der Waals surface area contributed by atoms with Crippen LogP contribution in [0.15, 0.2) is 83.8 Å². The maximum Gasteiger partial charge on any atom is 0.304 e. The average molecular weight is 453 g/mol. The summed E-state index contributed by atoms with van der Waals surface area (Å²) in [5.41, 5.74) is 1.88. The van der Waals surface area contributed by atoms with E-state index in [2.05, 4.69) is 0 Å². The zero-order valence-electron chi connectivity index (χ0n) is 17.3. The number of aliphatic hydroxyl groups excluding tert-OH is 1. The van der Waals surface area contributed by atoms with Gasteiger partial charge in [-0.2, -0.15) is 4.31 Å². The van der Waals surface area contributed by atoms with Gasteiger partial charge >= 0.3 is 5.97 Å². The molecule has 0 amide bonds. The van der Waals surface area contributed by atoms with E-state index in [1.165, 1.54) is 12.1 Å². The van der Waals surface area contributed by atoms with Gasteiger partial charge in [0, 0.05) is 34.9 Å². The first-order chi connectivity index (χ1) is 15.4. The number of hydrogen-bond acceptors (Lipinski definition) is 4. The summed E-state index contributed by atoms with van der Waals surface area (Å²) in [5, 5.41) is 22.1. The molecule has 4 aromatic rings. The summed E-state index contributed by atoms with van der Waals surface area (Å²) in [4.78, 5) is 11.2. The number of aliphatic hydroxyl groups is 1. The van der Waals surface area contributed by atoms with Crippen molar-refractivity contribution in [2.45, 2.75) is 24.0 Å². The van der Waals surface area contributed by atoms with Crippen LogP contribution in [0.2, 0.25) is 0 Å². The van der Waals surface area contributed by atoms with Crippen molar-refractivity contribution in [3.63, 3.8) is 0 Å². The van der Waals surface area contributed by atoms with Crippen LogP contribution in [-0.4, -0.2) is 52.7 Å². The highest BCUT2D eigenvalue weighted by molar-refractivity contribution is 7.89. The lowest BCUT2D eigenvalue weighted by Crippen LogP contribution is -2.40. The lowest BCUT2D eigenvalue weighted by atomic mass is 10.2. The number of fused-ring (bicyclic) bond motifs is 3. The van der Waals surface area contributed by atoms with E-state index < -0.39 is 22.1 Å². The monoisotopic (exact) mass is 452 g/mol. The van der Waals surface area contributed by atoms with Crippen molar-refractivity contribution >= 4 is 37.8 Å². The summed E-state index contributed by atoms with van der Waals surface area (Å²) in [7, 11) is -3.95. The Hall–Kier alpha value is -3.20. The second kappa shape index (κ2) is 9.12. The highest BCUT2D eigenvalue weighted by atomic mass is 32.2. The summed E-state index contributed by atoms with van der Waals surface area (Å²) in [6, 6.07) is 23.5. The van der Waals surface area contributed by atoms with E-state index in [0.717, 1.165) is 26.1 Å². The van der Waals surface area contributed by atoms with Crippen LogP contribution in [0.1, 0.15) is 6.42 Å². The molecule has 0 aliphatic rings. The Morgan fingerprint density at radius 1 is 0.875 bits per heavy atom. The molecule has 0 aliphatic heterocycles. The van der Waals surface area contributed by atoms with Crippen LogP contribution in [0.25, 0.3) is 21.8 Å². The van der Waals surface area contributed by atoms with E-state index in [1.54, 1.807) is 18.2 Å². The van der Waals surface area contributed by atoms with Crippen LogP contribution in [0, 0.1) is 0 Å². The number of sulfonamides is 1. The van der Waals surface area contributed by atoms with Gasteiger partial charge in [0.1, 0.15) is 0 Å². The summed E-state index contributed by atoms with van der Waals surface area (Å²) >= 11 is 0. The molecule has 32 heavy (non-hydrogen) atoms. The number of rotatable bonds is 9. The maximum atomic E-state index is 13.1. The van der Waals surface area contributed by atoms with Gasteiger partial charge in [-0.1, -0.05) is 54.6 Å². The number of benzene rings is 3. The lowest BCUT2D eigenvalue weighted by molar-refractivity contribution is -0.137. The number of hydrogen-bond donors (Lipinski definition) is 2. The molecule has 1 aromatic heterocycles. The molecule has 0 bridgehead atoms. The summed E-state index contributed by atoms with van der Waals surface area (Å²) in [5.74, 6) is -1.10. The minimum absolute atomic E-state index is 0.0643. The van der Waals surface area contributed by atoms with Gasteiger partial charge in [0.15, 0.2) is 0 Å². The predicted molar refractivity (Wildman–Crippen MR) is 123 cm³/mol. The molecule has 1 atom stereocenters. The molecule has 0 spiro atoms. The third kappa shape index (κ3) is 4.38. The molecule has 2 N–H and O–H groups in total. The summed E-state index contributed by atoms with van der Waals surface area (Å²) in [6.45, 7) is -0.274. The molecule has 7 nitrogen and oxygen atoms in total. The Kier molecular flexibility index (Phi) is 6.27. The smallest absolute Gasteiger partial charge is 0.304 e. The molecule has 166 valence electrons. The zero-order chi connectivity index (χ0) is 22.7. The standard InChI is InChI=1S/C24H24N2O5S/c27-18(16-25(15-14-24(28)29)32(30,31)19-8-2-1-3-9-19)17-26-22-12-6-4-10-20(22)21-11-5-7-13-23(21)26/h1-13,18,27H,14-17H2,(H,28,29). The van der Waals surface area contributed by atoms with Gasteiger partial charge < -0.3 is 14.8 Å².